The molecule has 5 atom stereocenters. The molecule has 1 aromatic heterocycles. The average molecular weight is 438 g/mol. The summed E-state index contributed by atoms with van der Waals surface area (Å²) < 4.78 is 25.9. The molecule has 1 saturated carbocycles. The standard InChI is InChI=1S/C24H28FN5O2/c1-14-20(24-4-15(10-26)11-28-30-24)6-17(25)7-22(14)29-18-5-16-12-27-23(21(16)8-18)9-19-13-31-2-3-32-19/h4,6-7,11,16,18-19,21,23,27,29H,2-3,5,8-9,12-13H2,1H3/t16-,18+,19+,21+,23+/m1/s1. The second-order valence-corrected chi connectivity index (χ2v) is 9.12. The maximum Gasteiger partial charge on any atom is 0.125 e. The van der Waals surface area contributed by atoms with Crippen molar-refractivity contribution < 1.29 is 13.9 Å². The van der Waals surface area contributed by atoms with E-state index in [9.17, 15) is 4.39 Å². The Morgan fingerprint density at radius 3 is 3.00 bits per heavy atom. The van der Waals surface area contributed by atoms with E-state index in [1.807, 2.05) is 6.92 Å². The van der Waals surface area contributed by atoms with Crippen LogP contribution in [0, 0.1) is 35.9 Å². The number of aromatic nitrogens is 2. The molecule has 7 nitrogen and oxygen atoms in total. The van der Waals surface area contributed by atoms with Crippen LogP contribution in [-0.2, 0) is 9.47 Å². The number of halogens is 1. The van der Waals surface area contributed by atoms with Gasteiger partial charge >= 0.3 is 0 Å². The molecule has 8 heteroatoms. The summed E-state index contributed by atoms with van der Waals surface area (Å²) in [4.78, 5) is 0. The van der Waals surface area contributed by atoms with Crippen LogP contribution >= 0.6 is 0 Å². The highest BCUT2D eigenvalue weighted by molar-refractivity contribution is 5.72. The molecule has 168 valence electrons. The summed E-state index contributed by atoms with van der Waals surface area (Å²) in [6.45, 7) is 5.02. The molecule has 2 N–H and O–H groups in total. The van der Waals surface area contributed by atoms with E-state index < -0.39 is 0 Å². The largest absolute Gasteiger partial charge is 0.382 e. The molecule has 3 heterocycles. The van der Waals surface area contributed by atoms with E-state index in [2.05, 4.69) is 26.9 Å². The summed E-state index contributed by atoms with van der Waals surface area (Å²) in [5, 5.41) is 24.5. The van der Waals surface area contributed by atoms with Crippen LogP contribution in [0.1, 0.15) is 30.4 Å². The Morgan fingerprint density at radius 2 is 2.19 bits per heavy atom. The Labute approximate surface area is 187 Å². The lowest BCUT2D eigenvalue weighted by molar-refractivity contribution is -0.0943. The normalized spacial score (nSPS) is 29.5. The zero-order valence-corrected chi connectivity index (χ0v) is 18.2. The van der Waals surface area contributed by atoms with E-state index in [4.69, 9.17) is 14.7 Å². The first-order valence-electron chi connectivity index (χ1n) is 11.3. The van der Waals surface area contributed by atoms with E-state index in [0.29, 0.717) is 60.6 Å². The van der Waals surface area contributed by atoms with Crippen molar-refractivity contribution in [2.45, 2.75) is 44.4 Å². The summed E-state index contributed by atoms with van der Waals surface area (Å²) in [5.74, 6) is 0.877. The van der Waals surface area contributed by atoms with Crippen LogP contribution in [0.2, 0.25) is 0 Å². The molecule has 0 radical (unpaired) electrons. The predicted molar refractivity (Wildman–Crippen MR) is 117 cm³/mol. The molecule has 2 aliphatic heterocycles. The third kappa shape index (κ3) is 4.33. The van der Waals surface area contributed by atoms with Crippen LogP contribution in [0.15, 0.2) is 24.4 Å². The van der Waals surface area contributed by atoms with Gasteiger partial charge in [0.25, 0.3) is 0 Å². The molecule has 1 aromatic carbocycles. The lowest BCUT2D eigenvalue weighted by Crippen LogP contribution is -2.38. The van der Waals surface area contributed by atoms with Gasteiger partial charge < -0.3 is 20.1 Å². The summed E-state index contributed by atoms with van der Waals surface area (Å²) in [6.07, 6.45) is 4.66. The molecule has 0 amide bonds. The molecule has 0 spiro atoms. The Hall–Kier alpha value is -2.60. The van der Waals surface area contributed by atoms with Crippen molar-refractivity contribution >= 4 is 5.69 Å². The first kappa shape index (κ1) is 21.3. The molecule has 5 rings (SSSR count). The molecule has 32 heavy (non-hydrogen) atoms. The number of hydrogen-bond acceptors (Lipinski definition) is 7. The van der Waals surface area contributed by atoms with Crippen molar-refractivity contribution in [1.29, 1.82) is 5.26 Å². The molecule has 3 fully saturated rings. The number of rotatable bonds is 5. The van der Waals surface area contributed by atoms with Crippen molar-refractivity contribution in [2.24, 2.45) is 11.8 Å². The maximum atomic E-state index is 14.5. The molecular formula is C24H28FN5O2. The van der Waals surface area contributed by atoms with Crippen LogP contribution in [-0.4, -0.2) is 54.8 Å². The van der Waals surface area contributed by atoms with E-state index in [0.717, 1.165) is 37.1 Å². The Bertz CT molecular complexity index is 1020. The SMILES string of the molecule is Cc1c(N[C@H]2C[C@@H]3CN[C@@H](C[C@H]4COCCO4)[C@H]3C2)cc(F)cc1-c1cc(C#N)cnn1. The van der Waals surface area contributed by atoms with E-state index in [-0.39, 0.29) is 11.9 Å². The summed E-state index contributed by atoms with van der Waals surface area (Å²) >= 11 is 0. The first-order valence-corrected chi connectivity index (χ1v) is 11.3. The number of anilines is 1. The average Bonchev–Trinajstić information content (AvgIpc) is 3.38. The van der Waals surface area contributed by atoms with Gasteiger partial charge in [-0.25, -0.2) is 4.39 Å². The van der Waals surface area contributed by atoms with Crippen molar-refractivity contribution in [3.63, 3.8) is 0 Å². The number of fused-ring (bicyclic) bond motifs is 1. The summed E-state index contributed by atoms with van der Waals surface area (Å²) in [6, 6.07) is 7.45. The van der Waals surface area contributed by atoms with Crippen molar-refractivity contribution in [3.8, 4) is 17.3 Å². The molecule has 2 saturated heterocycles. The van der Waals surface area contributed by atoms with Crippen LogP contribution in [0.4, 0.5) is 10.1 Å². The number of nitrogens with zero attached hydrogens (tertiary/aromatic N) is 3. The first-order chi connectivity index (χ1) is 15.6. The molecule has 1 aliphatic carbocycles. The topological polar surface area (TPSA) is 92.1 Å². The van der Waals surface area contributed by atoms with Crippen LogP contribution < -0.4 is 10.6 Å². The minimum Gasteiger partial charge on any atom is -0.382 e. The highest BCUT2D eigenvalue weighted by Crippen LogP contribution is 2.41. The zero-order chi connectivity index (χ0) is 22.1. The van der Waals surface area contributed by atoms with Crippen molar-refractivity contribution in [2.75, 3.05) is 31.7 Å². The second-order valence-electron chi connectivity index (χ2n) is 9.12. The molecular weight excluding hydrogens is 409 g/mol. The van der Waals surface area contributed by atoms with Gasteiger partial charge in [0, 0.05) is 23.3 Å². The predicted octanol–water partition coefficient (Wildman–Crippen LogP) is 3.05. The van der Waals surface area contributed by atoms with E-state index in [1.165, 1.54) is 12.3 Å². The lowest BCUT2D eigenvalue weighted by Gasteiger charge is -2.28. The highest BCUT2D eigenvalue weighted by Gasteiger charge is 2.44. The lowest BCUT2D eigenvalue weighted by atomic mass is 9.91. The summed E-state index contributed by atoms with van der Waals surface area (Å²) in [5.41, 5.74) is 3.26. The minimum atomic E-state index is -0.329. The van der Waals surface area contributed by atoms with E-state index >= 15 is 0 Å². The fraction of sp³-hybridized carbons (Fsp3) is 0.542. The van der Waals surface area contributed by atoms with Gasteiger partial charge in [-0.15, -0.1) is 0 Å². The third-order valence-electron chi connectivity index (χ3n) is 7.10. The number of hydrogen-bond donors (Lipinski definition) is 2. The molecule has 3 aliphatic rings. The molecule has 0 unspecified atom stereocenters. The number of nitriles is 1. The van der Waals surface area contributed by atoms with Gasteiger partial charge in [0.2, 0.25) is 0 Å². The molecule has 0 bridgehead atoms. The maximum absolute atomic E-state index is 14.5. The van der Waals surface area contributed by atoms with Crippen LogP contribution in [0.5, 0.6) is 0 Å². The minimum absolute atomic E-state index is 0.172. The van der Waals surface area contributed by atoms with Crippen molar-refractivity contribution in [1.82, 2.24) is 15.5 Å². The highest BCUT2D eigenvalue weighted by atomic mass is 19.1. The van der Waals surface area contributed by atoms with Gasteiger partial charge in [-0.1, -0.05) is 0 Å². The van der Waals surface area contributed by atoms with Gasteiger partial charge in [-0.05, 0) is 68.3 Å². The van der Waals surface area contributed by atoms with Gasteiger partial charge in [0.1, 0.15) is 11.9 Å². The van der Waals surface area contributed by atoms with Gasteiger partial charge in [-0.2, -0.15) is 15.5 Å². The quantitative estimate of drug-likeness (QED) is 0.743. The fourth-order valence-electron chi connectivity index (χ4n) is 5.55. The zero-order valence-electron chi connectivity index (χ0n) is 18.2. The molecule has 2 aromatic rings. The monoisotopic (exact) mass is 437 g/mol. The second kappa shape index (κ2) is 9.10. The van der Waals surface area contributed by atoms with Gasteiger partial charge in [0.15, 0.2) is 0 Å². The Morgan fingerprint density at radius 1 is 1.28 bits per heavy atom. The summed E-state index contributed by atoms with van der Waals surface area (Å²) in [7, 11) is 0. The smallest absolute Gasteiger partial charge is 0.125 e. The van der Waals surface area contributed by atoms with Crippen LogP contribution in [0.25, 0.3) is 11.3 Å². The van der Waals surface area contributed by atoms with Gasteiger partial charge in [0.05, 0.1) is 43.4 Å². The Kier molecular flexibility index (Phi) is 6.05. The fourth-order valence-corrected chi connectivity index (χ4v) is 5.55. The number of nitrogens with one attached hydrogen (secondary N) is 2. The third-order valence-corrected chi connectivity index (χ3v) is 7.10. The number of benzene rings is 1. The number of ether oxygens (including phenoxy) is 2. The van der Waals surface area contributed by atoms with Gasteiger partial charge in [-0.3, -0.25) is 0 Å². The van der Waals surface area contributed by atoms with Crippen LogP contribution in [0.3, 0.4) is 0 Å². The van der Waals surface area contributed by atoms with E-state index in [1.54, 1.807) is 12.1 Å². The Balaban J connectivity index is 1.30. The van der Waals surface area contributed by atoms with Crippen molar-refractivity contribution in [3.05, 3.63) is 41.3 Å².